The number of unbranched alkanes of at least 4 members (excludes halogenated alkanes) is 9. The molecule has 1 unspecified atom stereocenters. The summed E-state index contributed by atoms with van der Waals surface area (Å²) in [6.07, 6.45) is 18.8. The topological polar surface area (TPSA) is 3.24 Å². The van der Waals surface area contributed by atoms with Crippen molar-refractivity contribution in [2.75, 3.05) is 19.6 Å². The van der Waals surface area contributed by atoms with E-state index >= 15 is 0 Å². The average molecular weight is 282 g/mol. The first-order valence-electron chi connectivity index (χ1n) is 9.59. The Bertz CT molecular complexity index is 202. The third-order valence-corrected chi connectivity index (χ3v) is 4.91. The Balaban J connectivity index is 1.83. The Labute approximate surface area is 128 Å². The number of rotatable bonds is 13. The molecule has 0 aliphatic carbocycles. The molecule has 1 heterocycles. The summed E-state index contributed by atoms with van der Waals surface area (Å²) in [5.74, 6) is 1.02. The Morgan fingerprint density at radius 1 is 0.750 bits per heavy atom. The van der Waals surface area contributed by atoms with E-state index in [0.29, 0.717) is 0 Å². The van der Waals surface area contributed by atoms with Crippen LogP contribution in [0.4, 0.5) is 0 Å². The predicted octanol–water partition coefficient (Wildman–Crippen LogP) is 6.03. The van der Waals surface area contributed by atoms with E-state index in [-0.39, 0.29) is 0 Å². The smallest absolute Gasteiger partial charge is 0.00101 e. The first-order chi connectivity index (χ1) is 9.86. The normalized spacial score (nSPS) is 19.8. The highest BCUT2D eigenvalue weighted by atomic mass is 15.1. The van der Waals surface area contributed by atoms with Crippen molar-refractivity contribution in [2.24, 2.45) is 5.92 Å². The molecule has 0 bridgehead atoms. The monoisotopic (exact) mass is 281 g/mol. The van der Waals surface area contributed by atoms with Crippen LogP contribution in [0, 0.1) is 5.92 Å². The second-order valence-corrected chi connectivity index (χ2v) is 6.93. The molecule has 0 aromatic heterocycles. The molecule has 1 heteroatoms. The molecule has 0 radical (unpaired) electrons. The summed E-state index contributed by atoms with van der Waals surface area (Å²) in [5.41, 5.74) is 0. The third-order valence-electron chi connectivity index (χ3n) is 4.91. The molecule has 1 saturated heterocycles. The van der Waals surface area contributed by atoms with E-state index in [0.717, 1.165) is 5.92 Å². The molecule has 1 aliphatic heterocycles. The zero-order chi connectivity index (χ0) is 14.5. The van der Waals surface area contributed by atoms with Gasteiger partial charge in [0.25, 0.3) is 0 Å². The van der Waals surface area contributed by atoms with Crippen LogP contribution in [0.3, 0.4) is 0 Å². The van der Waals surface area contributed by atoms with E-state index in [1.54, 1.807) is 0 Å². The summed E-state index contributed by atoms with van der Waals surface area (Å²) in [7, 11) is 0. The maximum Gasteiger partial charge on any atom is 0.00101 e. The molecule has 1 aliphatic rings. The molecule has 1 fully saturated rings. The zero-order valence-corrected chi connectivity index (χ0v) is 14.3. The van der Waals surface area contributed by atoms with Crippen LogP contribution in [0.15, 0.2) is 0 Å². The molecule has 0 amide bonds. The number of hydrogen-bond donors (Lipinski definition) is 0. The van der Waals surface area contributed by atoms with Gasteiger partial charge in [0.05, 0.1) is 0 Å². The molecule has 1 nitrogen and oxygen atoms in total. The van der Waals surface area contributed by atoms with E-state index in [9.17, 15) is 0 Å². The second kappa shape index (κ2) is 12.7. The van der Waals surface area contributed by atoms with Gasteiger partial charge in [-0.2, -0.15) is 0 Å². The number of hydrogen-bond acceptors (Lipinski definition) is 1. The molecular formula is C19H39N. The van der Waals surface area contributed by atoms with Crippen LogP contribution in [-0.2, 0) is 0 Å². The zero-order valence-electron chi connectivity index (χ0n) is 14.3. The Morgan fingerprint density at radius 3 is 2.00 bits per heavy atom. The third kappa shape index (κ3) is 9.00. The van der Waals surface area contributed by atoms with Crippen molar-refractivity contribution in [2.45, 2.75) is 97.3 Å². The van der Waals surface area contributed by atoms with E-state index in [1.165, 1.54) is 103 Å². The van der Waals surface area contributed by atoms with Gasteiger partial charge in [0.1, 0.15) is 0 Å². The van der Waals surface area contributed by atoms with Gasteiger partial charge >= 0.3 is 0 Å². The van der Waals surface area contributed by atoms with Crippen LogP contribution in [-0.4, -0.2) is 24.5 Å². The fraction of sp³-hybridized carbons (Fsp3) is 1.00. The van der Waals surface area contributed by atoms with Crippen LogP contribution >= 0.6 is 0 Å². The number of likely N-dealkylation sites (tertiary alicyclic amines) is 1. The standard InChI is InChI=1S/C19H39N/c1-3-5-7-8-9-10-11-12-13-16-20-17-15-19(18-20)14-6-4-2/h19H,3-18H2,1-2H3. The van der Waals surface area contributed by atoms with Crippen molar-refractivity contribution in [1.82, 2.24) is 4.90 Å². The highest BCUT2D eigenvalue weighted by molar-refractivity contribution is 4.75. The van der Waals surface area contributed by atoms with Gasteiger partial charge in [0.15, 0.2) is 0 Å². The average Bonchev–Trinajstić information content (AvgIpc) is 2.91. The first-order valence-corrected chi connectivity index (χ1v) is 9.59. The van der Waals surface area contributed by atoms with Crippen LogP contribution in [0.2, 0.25) is 0 Å². The number of nitrogens with zero attached hydrogens (tertiary/aromatic N) is 1. The minimum atomic E-state index is 1.02. The van der Waals surface area contributed by atoms with Gasteiger partial charge in [0.2, 0.25) is 0 Å². The minimum Gasteiger partial charge on any atom is -0.303 e. The second-order valence-electron chi connectivity index (χ2n) is 6.93. The predicted molar refractivity (Wildman–Crippen MR) is 91.3 cm³/mol. The maximum absolute atomic E-state index is 2.72. The molecule has 0 aromatic rings. The lowest BCUT2D eigenvalue weighted by Gasteiger charge is -2.15. The molecule has 1 atom stereocenters. The van der Waals surface area contributed by atoms with Crippen molar-refractivity contribution in [3.05, 3.63) is 0 Å². The molecule has 1 rings (SSSR count). The van der Waals surface area contributed by atoms with Gasteiger partial charge in [-0.15, -0.1) is 0 Å². The van der Waals surface area contributed by atoms with E-state index in [2.05, 4.69) is 18.7 Å². The van der Waals surface area contributed by atoms with E-state index in [4.69, 9.17) is 0 Å². The molecule has 0 spiro atoms. The first kappa shape index (κ1) is 18.0. The van der Waals surface area contributed by atoms with Gasteiger partial charge < -0.3 is 4.90 Å². The van der Waals surface area contributed by atoms with Crippen LogP contribution < -0.4 is 0 Å². The van der Waals surface area contributed by atoms with Crippen molar-refractivity contribution >= 4 is 0 Å². The SMILES string of the molecule is CCCCCCCCCCCN1CCC(CCCC)C1. The summed E-state index contributed by atoms with van der Waals surface area (Å²) in [4.78, 5) is 2.72. The molecule has 0 aromatic carbocycles. The van der Waals surface area contributed by atoms with Gasteiger partial charge in [-0.3, -0.25) is 0 Å². The summed E-state index contributed by atoms with van der Waals surface area (Å²) in [6, 6.07) is 0. The Kier molecular flexibility index (Phi) is 11.4. The van der Waals surface area contributed by atoms with E-state index in [1.807, 2.05) is 0 Å². The quantitative estimate of drug-likeness (QED) is 0.373. The van der Waals surface area contributed by atoms with Gasteiger partial charge in [-0.25, -0.2) is 0 Å². The van der Waals surface area contributed by atoms with Gasteiger partial charge in [-0.05, 0) is 38.3 Å². The maximum atomic E-state index is 2.72. The van der Waals surface area contributed by atoms with E-state index < -0.39 is 0 Å². The fourth-order valence-corrected chi connectivity index (χ4v) is 3.49. The minimum absolute atomic E-state index is 1.02. The lowest BCUT2D eigenvalue weighted by molar-refractivity contribution is 0.310. The molecular weight excluding hydrogens is 242 g/mol. The van der Waals surface area contributed by atoms with Crippen LogP contribution in [0.1, 0.15) is 97.3 Å². The van der Waals surface area contributed by atoms with Crippen LogP contribution in [0.25, 0.3) is 0 Å². The largest absolute Gasteiger partial charge is 0.303 e. The molecule has 0 saturated carbocycles. The summed E-state index contributed by atoms with van der Waals surface area (Å²) < 4.78 is 0. The molecule has 20 heavy (non-hydrogen) atoms. The van der Waals surface area contributed by atoms with Crippen molar-refractivity contribution in [1.29, 1.82) is 0 Å². The summed E-state index contributed by atoms with van der Waals surface area (Å²) in [5, 5.41) is 0. The lowest BCUT2D eigenvalue weighted by atomic mass is 10.0. The van der Waals surface area contributed by atoms with Gasteiger partial charge in [-0.1, -0.05) is 78.1 Å². The Morgan fingerprint density at radius 2 is 1.35 bits per heavy atom. The summed E-state index contributed by atoms with van der Waals surface area (Å²) in [6.45, 7) is 8.76. The highest BCUT2D eigenvalue weighted by Gasteiger charge is 2.20. The van der Waals surface area contributed by atoms with Crippen molar-refractivity contribution < 1.29 is 0 Å². The lowest BCUT2D eigenvalue weighted by Crippen LogP contribution is -2.21. The fourth-order valence-electron chi connectivity index (χ4n) is 3.49. The van der Waals surface area contributed by atoms with Gasteiger partial charge in [0, 0.05) is 6.54 Å². The molecule has 0 N–H and O–H groups in total. The molecule has 120 valence electrons. The van der Waals surface area contributed by atoms with Crippen molar-refractivity contribution in [3.63, 3.8) is 0 Å². The summed E-state index contributed by atoms with van der Waals surface area (Å²) >= 11 is 0. The van der Waals surface area contributed by atoms with Crippen LogP contribution in [0.5, 0.6) is 0 Å². The van der Waals surface area contributed by atoms with Crippen molar-refractivity contribution in [3.8, 4) is 0 Å². The highest BCUT2D eigenvalue weighted by Crippen LogP contribution is 2.22. The Hall–Kier alpha value is -0.0400.